The lowest BCUT2D eigenvalue weighted by atomic mass is 9.95. The molecule has 1 heteroatoms. The van der Waals surface area contributed by atoms with E-state index >= 15 is 0 Å². The molecule has 16 heavy (non-hydrogen) atoms. The van der Waals surface area contributed by atoms with Gasteiger partial charge in [0, 0.05) is 6.42 Å². The van der Waals surface area contributed by atoms with Crippen molar-refractivity contribution in [2.24, 2.45) is 5.92 Å². The van der Waals surface area contributed by atoms with Crippen molar-refractivity contribution in [1.82, 2.24) is 0 Å². The summed E-state index contributed by atoms with van der Waals surface area (Å²) in [5.41, 5.74) is 2.61. The molecule has 0 aliphatic heterocycles. The first kappa shape index (κ1) is 15.2. The van der Waals surface area contributed by atoms with Crippen molar-refractivity contribution in [1.29, 1.82) is 0 Å². The number of carbonyl (C=O) groups excluding carboxylic acids is 1. The summed E-state index contributed by atoms with van der Waals surface area (Å²) in [5.74, 6) is 0.628. The second-order valence-electron chi connectivity index (χ2n) is 4.80. The van der Waals surface area contributed by atoms with Crippen LogP contribution in [0.1, 0.15) is 58.8 Å². The number of unbranched alkanes of at least 4 members (excludes halogenated alkanes) is 2. The third-order valence-corrected chi connectivity index (χ3v) is 3.11. The van der Waals surface area contributed by atoms with Crippen molar-refractivity contribution < 1.29 is 4.79 Å². The minimum atomic E-state index is 0.628. The Morgan fingerprint density at radius 1 is 1.19 bits per heavy atom. The maximum atomic E-state index is 10.1. The van der Waals surface area contributed by atoms with Crippen LogP contribution in [0.15, 0.2) is 24.3 Å². The highest BCUT2D eigenvalue weighted by molar-refractivity contribution is 5.48. The number of hydrogen-bond acceptors (Lipinski definition) is 1. The molecule has 0 radical (unpaired) electrons. The van der Waals surface area contributed by atoms with Crippen molar-refractivity contribution in [2.75, 3.05) is 0 Å². The van der Waals surface area contributed by atoms with Gasteiger partial charge in [0.25, 0.3) is 0 Å². The first-order valence-electron chi connectivity index (χ1n) is 6.33. The first-order chi connectivity index (χ1) is 7.57. The van der Waals surface area contributed by atoms with Gasteiger partial charge in [-0.25, -0.2) is 0 Å². The van der Waals surface area contributed by atoms with Crippen LogP contribution in [0.25, 0.3) is 0 Å². The molecule has 0 heterocycles. The Morgan fingerprint density at radius 3 is 2.38 bits per heavy atom. The third kappa shape index (κ3) is 8.46. The van der Waals surface area contributed by atoms with E-state index in [9.17, 15) is 4.79 Å². The van der Waals surface area contributed by atoms with E-state index in [0.29, 0.717) is 12.3 Å². The molecule has 0 aliphatic carbocycles. The second-order valence-corrected chi connectivity index (χ2v) is 4.80. The van der Waals surface area contributed by atoms with E-state index in [2.05, 4.69) is 27.0 Å². The van der Waals surface area contributed by atoms with Crippen LogP contribution < -0.4 is 0 Å². The Hall–Kier alpha value is -0.850. The van der Waals surface area contributed by atoms with Gasteiger partial charge < -0.3 is 4.79 Å². The Bertz CT molecular complexity index is 228. The van der Waals surface area contributed by atoms with Gasteiger partial charge in [-0.15, -0.1) is 0 Å². The molecular weight excluding hydrogens is 196 g/mol. The van der Waals surface area contributed by atoms with Crippen molar-refractivity contribution in [3.8, 4) is 0 Å². The number of allylic oxidation sites excluding steroid dienone is 2. The minimum absolute atomic E-state index is 0.628. The first-order valence-corrected chi connectivity index (χ1v) is 6.33. The van der Waals surface area contributed by atoms with Gasteiger partial charge in [-0.3, -0.25) is 0 Å². The molecule has 0 amide bonds. The Labute approximate surface area is 101 Å². The summed E-state index contributed by atoms with van der Waals surface area (Å²) in [6.45, 7) is 12.4. The molecule has 0 rings (SSSR count). The summed E-state index contributed by atoms with van der Waals surface area (Å²) in [7, 11) is 0. The Morgan fingerprint density at radius 2 is 1.81 bits per heavy atom. The van der Waals surface area contributed by atoms with Crippen LogP contribution in [0, 0.1) is 5.92 Å². The third-order valence-electron chi connectivity index (χ3n) is 3.11. The predicted octanol–water partition coefficient (Wildman–Crippen LogP) is 4.68. The van der Waals surface area contributed by atoms with Crippen molar-refractivity contribution >= 4 is 6.29 Å². The maximum absolute atomic E-state index is 10.1. The quantitative estimate of drug-likeness (QED) is 0.298. The van der Waals surface area contributed by atoms with Crippen LogP contribution in [0.2, 0.25) is 0 Å². The largest absolute Gasteiger partial charge is 0.303 e. The van der Waals surface area contributed by atoms with Crippen LogP contribution >= 0.6 is 0 Å². The molecule has 0 aromatic rings. The molecule has 92 valence electrons. The SMILES string of the molecule is C=C(CCCCC=O)CCCC(C)C(=C)C. The molecule has 1 atom stereocenters. The van der Waals surface area contributed by atoms with Gasteiger partial charge in [0.2, 0.25) is 0 Å². The molecule has 0 aromatic carbocycles. The highest BCUT2D eigenvalue weighted by atomic mass is 16.1. The number of hydrogen-bond donors (Lipinski definition) is 0. The van der Waals surface area contributed by atoms with Gasteiger partial charge in [-0.05, 0) is 51.4 Å². The molecule has 0 fully saturated rings. The average molecular weight is 222 g/mol. The van der Waals surface area contributed by atoms with E-state index in [0.717, 1.165) is 32.0 Å². The van der Waals surface area contributed by atoms with Crippen LogP contribution in [-0.2, 0) is 4.79 Å². The van der Waals surface area contributed by atoms with E-state index in [1.165, 1.54) is 24.0 Å². The summed E-state index contributed by atoms with van der Waals surface area (Å²) in [6, 6.07) is 0. The number of rotatable bonds is 10. The molecule has 0 bridgehead atoms. The Balaban J connectivity index is 3.43. The summed E-state index contributed by atoms with van der Waals surface area (Å²) >= 11 is 0. The summed E-state index contributed by atoms with van der Waals surface area (Å²) in [6.07, 6.45) is 8.42. The second kappa shape index (κ2) is 9.38. The average Bonchev–Trinajstić information content (AvgIpc) is 2.24. The van der Waals surface area contributed by atoms with Gasteiger partial charge in [0.05, 0.1) is 0 Å². The molecule has 0 spiro atoms. The molecule has 0 N–H and O–H groups in total. The van der Waals surface area contributed by atoms with Crippen LogP contribution in [-0.4, -0.2) is 6.29 Å². The molecule has 1 nitrogen and oxygen atoms in total. The zero-order chi connectivity index (χ0) is 12.4. The van der Waals surface area contributed by atoms with Crippen molar-refractivity contribution in [3.63, 3.8) is 0 Å². The lowest BCUT2D eigenvalue weighted by Crippen LogP contribution is -1.95. The van der Waals surface area contributed by atoms with Crippen LogP contribution in [0.3, 0.4) is 0 Å². The van der Waals surface area contributed by atoms with Gasteiger partial charge in [-0.2, -0.15) is 0 Å². The van der Waals surface area contributed by atoms with Gasteiger partial charge >= 0.3 is 0 Å². The molecule has 0 saturated heterocycles. The van der Waals surface area contributed by atoms with E-state index in [1.807, 2.05) is 0 Å². The molecule has 0 aromatic heterocycles. The molecule has 0 saturated carbocycles. The number of carbonyl (C=O) groups is 1. The fourth-order valence-electron chi connectivity index (χ4n) is 1.63. The van der Waals surface area contributed by atoms with E-state index in [1.54, 1.807) is 0 Å². The van der Waals surface area contributed by atoms with Gasteiger partial charge in [-0.1, -0.05) is 31.2 Å². The Kier molecular flexibility index (Phi) is 8.88. The standard InChI is InChI=1S/C15H26O/c1-13(2)15(4)11-8-10-14(3)9-6-5-7-12-16/h12,15H,1,3,5-11H2,2,4H3. The summed E-state index contributed by atoms with van der Waals surface area (Å²) in [5, 5.41) is 0. The van der Waals surface area contributed by atoms with Crippen LogP contribution in [0.5, 0.6) is 0 Å². The minimum Gasteiger partial charge on any atom is -0.303 e. The van der Waals surface area contributed by atoms with Gasteiger partial charge in [0.1, 0.15) is 6.29 Å². The lowest BCUT2D eigenvalue weighted by Gasteiger charge is -2.11. The number of aldehydes is 1. The maximum Gasteiger partial charge on any atom is 0.119 e. The smallest absolute Gasteiger partial charge is 0.119 e. The summed E-state index contributed by atoms with van der Waals surface area (Å²) in [4.78, 5) is 10.1. The highest BCUT2D eigenvalue weighted by Gasteiger charge is 2.02. The van der Waals surface area contributed by atoms with E-state index in [4.69, 9.17) is 0 Å². The van der Waals surface area contributed by atoms with E-state index < -0.39 is 0 Å². The zero-order valence-electron chi connectivity index (χ0n) is 10.9. The summed E-state index contributed by atoms with van der Waals surface area (Å²) < 4.78 is 0. The monoisotopic (exact) mass is 222 g/mol. The van der Waals surface area contributed by atoms with Crippen molar-refractivity contribution in [2.45, 2.75) is 58.8 Å². The lowest BCUT2D eigenvalue weighted by molar-refractivity contribution is -0.107. The fraction of sp³-hybridized carbons (Fsp3) is 0.667. The predicted molar refractivity (Wildman–Crippen MR) is 71.5 cm³/mol. The van der Waals surface area contributed by atoms with Crippen molar-refractivity contribution in [3.05, 3.63) is 24.3 Å². The topological polar surface area (TPSA) is 17.1 Å². The zero-order valence-corrected chi connectivity index (χ0v) is 10.9. The molecule has 1 unspecified atom stereocenters. The normalized spacial score (nSPS) is 12.1. The van der Waals surface area contributed by atoms with E-state index in [-0.39, 0.29) is 0 Å². The molecular formula is C15H26O. The van der Waals surface area contributed by atoms with Gasteiger partial charge in [0.15, 0.2) is 0 Å². The fourth-order valence-corrected chi connectivity index (χ4v) is 1.63. The van der Waals surface area contributed by atoms with Crippen LogP contribution in [0.4, 0.5) is 0 Å². The molecule has 0 aliphatic rings. The highest BCUT2D eigenvalue weighted by Crippen LogP contribution is 2.19.